The Kier molecular flexibility index (Phi) is 4.28. The van der Waals surface area contributed by atoms with Gasteiger partial charge < -0.3 is 9.47 Å². The molecule has 0 aromatic carbocycles. The van der Waals surface area contributed by atoms with Crippen LogP contribution in [0.15, 0.2) is 12.4 Å². The van der Waals surface area contributed by atoms with Crippen LogP contribution >= 0.6 is 0 Å². The minimum Gasteiger partial charge on any atom is -0.346 e. The summed E-state index contributed by atoms with van der Waals surface area (Å²) in [5.41, 5.74) is 0. The third-order valence-corrected chi connectivity index (χ3v) is 1.35. The summed E-state index contributed by atoms with van der Waals surface area (Å²) in [5.74, 6) is 0.464. The van der Waals surface area contributed by atoms with Gasteiger partial charge in [-0.15, -0.1) is 5.10 Å². The van der Waals surface area contributed by atoms with E-state index in [0.29, 0.717) is 19.0 Å². The van der Waals surface area contributed by atoms with Crippen molar-refractivity contribution in [3.8, 4) is 0 Å². The molecule has 1 aromatic heterocycles. The first-order valence-electron chi connectivity index (χ1n) is 4.25. The smallest absolute Gasteiger partial charge is 0.221 e. The van der Waals surface area contributed by atoms with Crippen LogP contribution in [-0.4, -0.2) is 28.4 Å². The van der Waals surface area contributed by atoms with Gasteiger partial charge in [0.2, 0.25) is 12.1 Å². The first-order valence-corrected chi connectivity index (χ1v) is 4.25. The Bertz CT molecular complexity index is 224. The Morgan fingerprint density at radius 2 is 1.92 bits per heavy atom. The number of hydrogen-bond acceptors (Lipinski definition) is 5. The van der Waals surface area contributed by atoms with Crippen molar-refractivity contribution in [2.24, 2.45) is 0 Å². The maximum Gasteiger partial charge on any atom is 0.221 e. The van der Waals surface area contributed by atoms with E-state index in [9.17, 15) is 0 Å². The molecule has 0 aliphatic heterocycles. The van der Waals surface area contributed by atoms with Crippen molar-refractivity contribution >= 4 is 0 Å². The molecule has 0 N–H and O–H groups in total. The topological polar surface area (TPSA) is 57.1 Å². The van der Waals surface area contributed by atoms with E-state index in [1.807, 2.05) is 13.8 Å². The zero-order valence-electron chi connectivity index (χ0n) is 7.80. The van der Waals surface area contributed by atoms with E-state index in [-0.39, 0.29) is 0 Å². The molecule has 1 heterocycles. The van der Waals surface area contributed by atoms with E-state index in [1.165, 1.54) is 6.20 Å². The molecule has 0 fully saturated rings. The second-order valence-electron chi connectivity index (χ2n) is 2.24. The molecule has 0 bridgehead atoms. The fourth-order valence-electron chi connectivity index (χ4n) is 0.866. The Labute approximate surface area is 77.1 Å². The molecule has 0 aliphatic rings. The highest BCUT2D eigenvalue weighted by atomic mass is 16.7. The van der Waals surface area contributed by atoms with Gasteiger partial charge in [-0.25, -0.2) is 4.98 Å². The van der Waals surface area contributed by atoms with Gasteiger partial charge in [0, 0.05) is 19.4 Å². The van der Waals surface area contributed by atoms with Crippen LogP contribution in [0.3, 0.4) is 0 Å². The van der Waals surface area contributed by atoms with E-state index < -0.39 is 6.29 Å². The fourth-order valence-corrected chi connectivity index (χ4v) is 0.866. The van der Waals surface area contributed by atoms with Crippen LogP contribution in [0.4, 0.5) is 0 Å². The molecule has 13 heavy (non-hydrogen) atoms. The lowest BCUT2D eigenvalue weighted by Crippen LogP contribution is -2.12. The fraction of sp³-hybridized carbons (Fsp3) is 0.625. The van der Waals surface area contributed by atoms with Crippen molar-refractivity contribution in [2.75, 3.05) is 13.2 Å². The van der Waals surface area contributed by atoms with Crippen LogP contribution in [0.25, 0.3) is 0 Å². The molecule has 1 rings (SSSR count). The van der Waals surface area contributed by atoms with Gasteiger partial charge in [-0.2, -0.15) is 5.10 Å². The zero-order valence-corrected chi connectivity index (χ0v) is 7.80. The minimum atomic E-state index is -0.497. The van der Waals surface area contributed by atoms with Gasteiger partial charge >= 0.3 is 0 Å². The molecular weight excluding hydrogens is 170 g/mol. The summed E-state index contributed by atoms with van der Waals surface area (Å²) >= 11 is 0. The summed E-state index contributed by atoms with van der Waals surface area (Å²) in [7, 11) is 0. The summed E-state index contributed by atoms with van der Waals surface area (Å²) < 4.78 is 10.6. The minimum absolute atomic E-state index is 0.464. The van der Waals surface area contributed by atoms with Gasteiger partial charge in [0.05, 0.1) is 6.20 Å². The summed E-state index contributed by atoms with van der Waals surface area (Å²) in [5, 5.41) is 7.50. The summed E-state index contributed by atoms with van der Waals surface area (Å²) in [6, 6.07) is 0. The van der Waals surface area contributed by atoms with Gasteiger partial charge in [-0.05, 0) is 13.8 Å². The summed E-state index contributed by atoms with van der Waals surface area (Å²) in [6.45, 7) is 4.90. The predicted molar refractivity (Wildman–Crippen MR) is 45.8 cm³/mol. The predicted octanol–water partition coefficient (Wildman–Crippen LogP) is 0.943. The Hall–Kier alpha value is -1.07. The molecule has 5 heteroatoms. The largest absolute Gasteiger partial charge is 0.346 e. The van der Waals surface area contributed by atoms with Crippen molar-refractivity contribution in [2.45, 2.75) is 20.1 Å². The lowest BCUT2D eigenvalue weighted by Gasteiger charge is -2.13. The maximum atomic E-state index is 5.28. The molecule has 5 nitrogen and oxygen atoms in total. The summed E-state index contributed by atoms with van der Waals surface area (Å²) in [4.78, 5) is 3.99. The number of ether oxygens (including phenoxy) is 2. The van der Waals surface area contributed by atoms with Crippen LogP contribution in [-0.2, 0) is 9.47 Å². The van der Waals surface area contributed by atoms with E-state index in [1.54, 1.807) is 6.20 Å². The average Bonchev–Trinajstić information content (AvgIpc) is 2.19. The van der Waals surface area contributed by atoms with E-state index in [4.69, 9.17) is 9.47 Å². The molecule has 0 saturated carbocycles. The Morgan fingerprint density at radius 1 is 1.23 bits per heavy atom. The molecule has 0 radical (unpaired) electrons. The first kappa shape index (κ1) is 10.0. The molecule has 0 aliphatic carbocycles. The number of nitrogens with zero attached hydrogens (tertiary/aromatic N) is 3. The molecule has 0 unspecified atom stereocenters. The lowest BCUT2D eigenvalue weighted by atomic mass is 10.5. The van der Waals surface area contributed by atoms with Gasteiger partial charge in [0.1, 0.15) is 0 Å². The third-order valence-electron chi connectivity index (χ3n) is 1.35. The second-order valence-corrected chi connectivity index (χ2v) is 2.24. The van der Waals surface area contributed by atoms with Crippen molar-refractivity contribution in [3.63, 3.8) is 0 Å². The van der Waals surface area contributed by atoms with Crippen LogP contribution in [0.1, 0.15) is 26.0 Å². The van der Waals surface area contributed by atoms with Crippen molar-refractivity contribution in [1.82, 2.24) is 15.2 Å². The summed E-state index contributed by atoms with van der Waals surface area (Å²) in [6.07, 6.45) is 2.58. The zero-order chi connectivity index (χ0) is 9.52. The first-order chi connectivity index (χ1) is 6.38. The lowest BCUT2D eigenvalue weighted by molar-refractivity contribution is -0.145. The monoisotopic (exact) mass is 183 g/mol. The molecule has 0 atom stereocenters. The number of hydrogen-bond donors (Lipinski definition) is 0. The van der Waals surface area contributed by atoms with Crippen molar-refractivity contribution in [1.29, 1.82) is 0 Å². The van der Waals surface area contributed by atoms with Crippen LogP contribution in [0.5, 0.6) is 0 Å². The number of aromatic nitrogens is 3. The normalized spacial score (nSPS) is 10.7. The SMILES string of the molecule is CCOC(OCC)c1nccnn1. The Balaban J connectivity index is 2.64. The van der Waals surface area contributed by atoms with E-state index in [2.05, 4.69) is 15.2 Å². The van der Waals surface area contributed by atoms with Crippen LogP contribution < -0.4 is 0 Å². The molecular formula is C8H13N3O2. The molecule has 72 valence electrons. The van der Waals surface area contributed by atoms with Crippen molar-refractivity contribution < 1.29 is 9.47 Å². The highest BCUT2D eigenvalue weighted by Gasteiger charge is 2.13. The Morgan fingerprint density at radius 3 is 2.38 bits per heavy atom. The molecule has 0 saturated heterocycles. The molecule has 1 aromatic rings. The van der Waals surface area contributed by atoms with Crippen LogP contribution in [0.2, 0.25) is 0 Å². The van der Waals surface area contributed by atoms with Gasteiger partial charge in [0.25, 0.3) is 0 Å². The maximum absolute atomic E-state index is 5.28. The standard InChI is InChI=1S/C8H13N3O2/c1-3-12-8(13-4-2)7-9-5-6-10-11-7/h5-6,8H,3-4H2,1-2H3. The highest BCUT2D eigenvalue weighted by Crippen LogP contribution is 2.12. The average molecular weight is 183 g/mol. The second kappa shape index (κ2) is 5.55. The molecule has 0 amide bonds. The van der Waals surface area contributed by atoms with E-state index >= 15 is 0 Å². The van der Waals surface area contributed by atoms with Crippen LogP contribution in [0, 0.1) is 0 Å². The number of rotatable bonds is 5. The van der Waals surface area contributed by atoms with E-state index in [0.717, 1.165) is 0 Å². The molecule has 0 spiro atoms. The third kappa shape index (κ3) is 3.04. The highest BCUT2D eigenvalue weighted by molar-refractivity contribution is 4.83. The quantitative estimate of drug-likeness (QED) is 0.636. The van der Waals surface area contributed by atoms with Gasteiger partial charge in [0.15, 0.2) is 0 Å². The van der Waals surface area contributed by atoms with Gasteiger partial charge in [-0.3, -0.25) is 0 Å². The van der Waals surface area contributed by atoms with Gasteiger partial charge in [-0.1, -0.05) is 0 Å². The van der Waals surface area contributed by atoms with Crippen molar-refractivity contribution in [3.05, 3.63) is 18.2 Å².